The van der Waals surface area contributed by atoms with Gasteiger partial charge >= 0.3 is 0 Å². The summed E-state index contributed by atoms with van der Waals surface area (Å²) in [6.45, 7) is 8.69. The molecule has 0 unspecified atom stereocenters. The Balaban J connectivity index is 1.43. The SMILES string of the molecule is CC(C)c1cccc(C(C)C)c1NC(=O)CCCCCSc1nc2cnccc2[nH]1. The number of carbonyl (C=O) groups is 1. The number of thioether (sulfide) groups is 1. The highest BCUT2D eigenvalue weighted by atomic mass is 32.2. The second-order valence-electron chi connectivity index (χ2n) is 8.26. The highest BCUT2D eigenvalue weighted by Gasteiger charge is 2.15. The Labute approximate surface area is 183 Å². The molecule has 0 aliphatic rings. The predicted molar refractivity (Wildman–Crippen MR) is 126 cm³/mol. The number of nitrogens with zero attached hydrogens (tertiary/aromatic N) is 2. The van der Waals surface area contributed by atoms with Gasteiger partial charge in [0.1, 0.15) is 5.52 Å². The molecule has 2 heterocycles. The van der Waals surface area contributed by atoms with Crippen molar-refractivity contribution < 1.29 is 4.79 Å². The lowest BCUT2D eigenvalue weighted by Gasteiger charge is -2.20. The van der Waals surface area contributed by atoms with Crippen molar-refractivity contribution >= 4 is 34.4 Å². The number of hydrogen-bond donors (Lipinski definition) is 2. The Morgan fingerprint density at radius 2 is 1.80 bits per heavy atom. The number of benzene rings is 1. The van der Waals surface area contributed by atoms with Gasteiger partial charge < -0.3 is 10.3 Å². The van der Waals surface area contributed by atoms with Crippen LogP contribution in [0.15, 0.2) is 41.8 Å². The first-order valence-electron chi connectivity index (χ1n) is 10.8. The molecule has 2 N–H and O–H groups in total. The maximum Gasteiger partial charge on any atom is 0.224 e. The molecule has 1 amide bonds. The molecule has 0 aliphatic carbocycles. The molecule has 5 nitrogen and oxygen atoms in total. The molecule has 3 aromatic rings. The average molecular weight is 425 g/mol. The van der Waals surface area contributed by atoms with Crippen molar-refractivity contribution in [3.05, 3.63) is 47.8 Å². The van der Waals surface area contributed by atoms with E-state index < -0.39 is 0 Å². The molecule has 3 rings (SSSR count). The summed E-state index contributed by atoms with van der Waals surface area (Å²) < 4.78 is 0. The van der Waals surface area contributed by atoms with Crippen LogP contribution >= 0.6 is 11.8 Å². The van der Waals surface area contributed by atoms with Gasteiger partial charge in [-0.15, -0.1) is 0 Å². The molecule has 0 fully saturated rings. The van der Waals surface area contributed by atoms with Gasteiger partial charge in [0.05, 0.1) is 11.7 Å². The summed E-state index contributed by atoms with van der Waals surface area (Å²) in [6.07, 6.45) is 7.10. The summed E-state index contributed by atoms with van der Waals surface area (Å²) in [4.78, 5) is 24.5. The van der Waals surface area contributed by atoms with Gasteiger partial charge in [0.2, 0.25) is 5.91 Å². The van der Waals surface area contributed by atoms with Crippen LogP contribution in [-0.4, -0.2) is 26.6 Å². The van der Waals surface area contributed by atoms with E-state index in [-0.39, 0.29) is 5.91 Å². The zero-order valence-corrected chi connectivity index (χ0v) is 19.2. The predicted octanol–water partition coefficient (Wildman–Crippen LogP) is 6.50. The van der Waals surface area contributed by atoms with Crippen molar-refractivity contribution in [1.29, 1.82) is 0 Å². The molecule has 0 spiro atoms. The molecule has 30 heavy (non-hydrogen) atoms. The Morgan fingerprint density at radius 1 is 1.07 bits per heavy atom. The molecule has 0 bridgehead atoms. The summed E-state index contributed by atoms with van der Waals surface area (Å²) in [5.41, 5.74) is 5.37. The lowest BCUT2D eigenvalue weighted by Crippen LogP contribution is -2.15. The number of fused-ring (bicyclic) bond motifs is 1. The number of rotatable bonds is 10. The van der Waals surface area contributed by atoms with Crippen LogP contribution in [0.5, 0.6) is 0 Å². The van der Waals surface area contributed by atoms with Gasteiger partial charge in [0, 0.05) is 24.1 Å². The quantitative estimate of drug-likeness (QED) is 0.288. The molecule has 0 atom stereocenters. The summed E-state index contributed by atoms with van der Waals surface area (Å²) in [5, 5.41) is 4.14. The van der Waals surface area contributed by atoms with E-state index >= 15 is 0 Å². The Kier molecular flexibility index (Phi) is 7.91. The first kappa shape index (κ1) is 22.3. The van der Waals surface area contributed by atoms with Gasteiger partial charge in [-0.25, -0.2) is 4.98 Å². The Hall–Kier alpha value is -2.34. The van der Waals surface area contributed by atoms with Crippen molar-refractivity contribution in [1.82, 2.24) is 15.0 Å². The molecular formula is C24H32N4OS. The van der Waals surface area contributed by atoms with Crippen molar-refractivity contribution in [2.24, 2.45) is 0 Å². The van der Waals surface area contributed by atoms with Gasteiger partial charge in [0.15, 0.2) is 5.16 Å². The number of para-hydroxylation sites is 1. The molecule has 1 aromatic carbocycles. The number of nitrogens with one attached hydrogen (secondary N) is 2. The molecular weight excluding hydrogens is 392 g/mol. The van der Waals surface area contributed by atoms with Crippen molar-refractivity contribution in [2.45, 2.75) is 70.4 Å². The van der Waals surface area contributed by atoms with Gasteiger partial charge in [-0.2, -0.15) is 0 Å². The van der Waals surface area contributed by atoms with Crippen LogP contribution in [0.4, 0.5) is 5.69 Å². The van der Waals surface area contributed by atoms with Gasteiger partial charge in [0.25, 0.3) is 0 Å². The van der Waals surface area contributed by atoms with Gasteiger partial charge in [-0.05, 0) is 41.9 Å². The topological polar surface area (TPSA) is 70.7 Å². The zero-order valence-electron chi connectivity index (χ0n) is 18.4. The molecule has 2 aromatic heterocycles. The van der Waals surface area contributed by atoms with E-state index in [0.29, 0.717) is 18.3 Å². The van der Waals surface area contributed by atoms with E-state index in [1.54, 1.807) is 24.2 Å². The maximum atomic E-state index is 12.6. The van der Waals surface area contributed by atoms with Crippen LogP contribution in [0.2, 0.25) is 0 Å². The van der Waals surface area contributed by atoms with Crippen LogP contribution in [0, 0.1) is 0 Å². The van der Waals surface area contributed by atoms with Crippen LogP contribution in [0.3, 0.4) is 0 Å². The minimum atomic E-state index is 0.113. The molecule has 6 heteroatoms. The number of pyridine rings is 1. The number of imidazole rings is 1. The van der Waals surface area contributed by atoms with E-state index in [4.69, 9.17) is 0 Å². The van der Waals surface area contributed by atoms with Gasteiger partial charge in [-0.3, -0.25) is 9.78 Å². The zero-order chi connectivity index (χ0) is 21.5. The fourth-order valence-corrected chi connectivity index (χ4v) is 4.42. The summed E-state index contributed by atoms with van der Waals surface area (Å²) >= 11 is 1.72. The third-order valence-corrected chi connectivity index (χ3v) is 6.15. The number of carbonyl (C=O) groups excluding carboxylic acids is 1. The fourth-order valence-electron chi connectivity index (χ4n) is 3.53. The number of unbranched alkanes of at least 4 members (excludes halogenated alkanes) is 2. The van der Waals surface area contributed by atoms with Crippen LogP contribution in [0.25, 0.3) is 11.0 Å². The lowest BCUT2D eigenvalue weighted by atomic mass is 9.92. The van der Waals surface area contributed by atoms with Crippen LogP contribution < -0.4 is 5.32 Å². The first-order valence-corrected chi connectivity index (χ1v) is 11.8. The van der Waals surface area contributed by atoms with E-state index in [1.807, 2.05) is 6.07 Å². The van der Waals surface area contributed by atoms with Gasteiger partial charge in [-0.1, -0.05) is 64.1 Å². The second-order valence-corrected chi connectivity index (χ2v) is 9.35. The first-order chi connectivity index (χ1) is 14.5. The monoisotopic (exact) mass is 424 g/mol. The standard InChI is InChI=1S/C24H32N4OS/c1-16(2)18-9-8-10-19(17(3)4)23(18)28-22(29)11-6-5-7-14-30-24-26-20-12-13-25-15-21(20)27-24/h8-10,12-13,15-17H,5-7,11,14H2,1-4H3,(H,26,27)(H,28,29). The van der Waals surface area contributed by atoms with E-state index in [0.717, 1.165) is 46.9 Å². The lowest BCUT2D eigenvalue weighted by molar-refractivity contribution is -0.116. The smallest absolute Gasteiger partial charge is 0.224 e. The Bertz CT molecular complexity index is 921. The third-order valence-electron chi connectivity index (χ3n) is 5.19. The largest absolute Gasteiger partial charge is 0.333 e. The average Bonchev–Trinajstić information content (AvgIpc) is 3.13. The number of anilines is 1. The number of aromatic amines is 1. The molecule has 0 aliphatic heterocycles. The molecule has 0 saturated carbocycles. The maximum absolute atomic E-state index is 12.6. The number of hydrogen-bond acceptors (Lipinski definition) is 4. The minimum absolute atomic E-state index is 0.113. The molecule has 0 saturated heterocycles. The Morgan fingerprint density at radius 3 is 2.47 bits per heavy atom. The summed E-state index contributed by atoms with van der Waals surface area (Å²) in [5.74, 6) is 1.86. The van der Waals surface area contributed by atoms with Crippen LogP contribution in [-0.2, 0) is 4.79 Å². The normalized spacial score (nSPS) is 11.5. The van der Waals surface area contributed by atoms with Crippen molar-refractivity contribution in [3.8, 4) is 0 Å². The third kappa shape index (κ3) is 5.85. The molecule has 160 valence electrons. The molecule has 0 radical (unpaired) electrons. The summed E-state index contributed by atoms with van der Waals surface area (Å²) in [6, 6.07) is 8.28. The highest BCUT2D eigenvalue weighted by Crippen LogP contribution is 2.32. The minimum Gasteiger partial charge on any atom is -0.333 e. The number of aromatic nitrogens is 3. The van der Waals surface area contributed by atoms with Crippen molar-refractivity contribution in [2.75, 3.05) is 11.1 Å². The second kappa shape index (κ2) is 10.6. The fraction of sp³-hybridized carbons (Fsp3) is 0.458. The highest BCUT2D eigenvalue weighted by molar-refractivity contribution is 7.99. The van der Waals surface area contributed by atoms with E-state index in [2.05, 4.69) is 66.2 Å². The summed E-state index contributed by atoms with van der Waals surface area (Å²) in [7, 11) is 0. The number of H-pyrrole nitrogens is 1. The van der Waals surface area contributed by atoms with Crippen molar-refractivity contribution in [3.63, 3.8) is 0 Å². The van der Waals surface area contributed by atoms with E-state index in [1.165, 1.54) is 11.1 Å². The number of amides is 1. The van der Waals surface area contributed by atoms with Crippen LogP contribution in [0.1, 0.15) is 76.3 Å². The van der Waals surface area contributed by atoms with E-state index in [9.17, 15) is 4.79 Å².